The van der Waals surface area contributed by atoms with Gasteiger partial charge in [-0.25, -0.2) is 13.8 Å². The highest BCUT2D eigenvalue weighted by Gasteiger charge is 2.30. The predicted molar refractivity (Wildman–Crippen MR) is 136 cm³/mol. The Morgan fingerprint density at radius 3 is 2.29 bits per heavy atom. The zero-order valence-electron chi connectivity index (χ0n) is 20.7. The number of carbonyl (C=O) groups excluding carboxylic acids is 1. The Morgan fingerprint density at radius 2 is 1.71 bits per heavy atom. The van der Waals surface area contributed by atoms with Crippen LogP contribution in [0.3, 0.4) is 0 Å². The number of rotatable bonds is 7. The highest BCUT2D eigenvalue weighted by molar-refractivity contribution is 7.92. The number of methoxy groups -OCH3 is 1. The van der Waals surface area contributed by atoms with E-state index in [1.165, 1.54) is 7.11 Å². The number of sulfonamides is 1. The summed E-state index contributed by atoms with van der Waals surface area (Å²) in [5, 5.41) is 4.32. The molecule has 0 atom stereocenters. The molecule has 0 saturated heterocycles. The van der Waals surface area contributed by atoms with Crippen molar-refractivity contribution in [2.24, 2.45) is 16.4 Å². The van der Waals surface area contributed by atoms with Crippen molar-refractivity contribution >= 4 is 27.3 Å². The van der Waals surface area contributed by atoms with Gasteiger partial charge in [-0.2, -0.15) is 5.10 Å². The lowest BCUT2D eigenvalue weighted by Gasteiger charge is -2.34. The molecule has 8 heteroatoms. The molecule has 34 heavy (non-hydrogen) atoms. The molecule has 1 amide bonds. The van der Waals surface area contributed by atoms with Crippen LogP contribution in [-0.4, -0.2) is 33.7 Å². The van der Waals surface area contributed by atoms with Crippen LogP contribution >= 0.6 is 0 Å². The van der Waals surface area contributed by atoms with E-state index in [0.29, 0.717) is 17.4 Å². The number of para-hydroxylation sites is 2. The van der Waals surface area contributed by atoms with Gasteiger partial charge in [-0.1, -0.05) is 50.6 Å². The summed E-state index contributed by atoms with van der Waals surface area (Å²) >= 11 is 0. The van der Waals surface area contributed by atoms with Crippen LogP contribution in [0.4, 0.5) is 5.69 Å². The number of hydrogen-bond donors (Lipinski definition) is 1. The topological polar surface area (TPSA) is 88.1 Å². The van der Waals surface area contributed by atoms with E-state index in [-0.39, 0.29) is 10.3 Å². The van der Waals surface area contributed by atoms with E-state index < -0.39 is 22.5 Å². The third-order valence-electron chi connectivity index (χ3n) is 6.38. The van der Waals surface area contributed by atoms with Gasteiger partial charge in [-0.3, -0.25) is 9.10 Å². The van der Waals surface area contributed by atoms with Crippen LogP contribution in [-0.2, 0) is 14.8 Å². The normalized spacial score (nSPS) is 16.6. The fourth-order valence-electron chi connectivity index (χ4n) is 4.21. The molecular weight excluding hydrogens is 450 g/mol. The summed E-state index contributed by atoms with van der Waals surface area (Å²) in [6.45, 7) is 8.22. The summed E-state index contributed by atoms with van der Waals surface area (Å²) in [5.41, 5.74) is 5.01. The number of nitrogens with zero attached hydrogens (tertiary/aromatic N) is 2. The lowest BCUT2D eigenvalue weighted by molar-refractivity contribution is -0.119. The quantitative estimate of drug-likeness (QED) is 0.565. The molecule has 0 heterocycles. The maximum Gasteiger partial charge on any atom is 0.264 e. The van der Waals surface area contributed by atoms with E-state index in [0.717, 1.165) is 41.3 Å². The van der Waals surface area contributed by atoms with Crippen molar-refractivity contribution in [3.05, 3.63) is 54.1 Å². The third-order valence-corrected chi connectivity index (χ3v) is 8.15. The second-order valence-electron chi connectivity index (χ2n) is 9.85. The second kappa shape index (κ2) is 10.6. The van der Waals surface area contributed by atoms with Crippen LogP contribution in [0.5, 0.6) is 5.75 Å². The smallest absolute Gasteiger partial charge is 0.264 e. The maximum absolute atomic E-state index is 13.5. The molecule has 2 aromatic carbocycles. The molecule has 2 aromatic rings. The summed E-state index contributed by atoms with van der Waals surface area (Å²) < 4.78 is 33.5. The van der Waals surface area contributed by atoms with Crippen molar-refractivity contribution < 1.29 is 17.9 Å². The number of hydrazone groups is 1. The zero-order chi connectivity index (χ0) is 24.9. The van der Waals surface area contributed by atoms with E-state index >= 15 is 0 Å². The first-order chi connectivity index (χ1) is 16.0. The number of carbonyl (C=O) groups is 1. The lowest BCUT2D eigenvalue weighted by atomic mass is 9.72. The minimum Gasteiger partial charge on any atom is -0.495 e. The highest BCUT2D eigenvalue weighted by atomic mass is 32.2. The van der Waals surface area contributed by atoms with Gasteiger partial charge >= 0.3 is 0 Å². The molecule has 0 radical (unpaired) electrons. The number of ether oxygens (including phenoxy) is 1. The molecule has 7 nitrogen and oxygen atoms in total. The Balaban J connectivity index is 1.81. The van der Waals surface area contributed by atoms with E-state index in [4.69, 9.17) is 4.74 Å². The lowest BCUT2D eigenvalue weighted by Crippen LogP contribution is -2.40. The molecule has 1 fully saturated rings. The fourth-order valence-corrected chi connectivity index (χ4v) is 5.64. The Morgan fingerprint density at radius 1 is 1.09 bits per heavy atom. The van der Waals surface area contributed by atoms with Crippen molar-refractivity contribution in [1.29, 1.82) is 0 Å². The first-order valence-electron chi connectivity index (χ1n) is 11.6. The summed E-state index contributed by atoms with van der Waals surface area (Å²) in [6, 6.07) is 13.3. The molecular formula is C26H35N3O4S. The van der Waals surface area contributed by atoms with Crippen molar-refractivity contribution in [1.82, 2.24) is 5.43 Å². The van der Waals surface area contributed by atoms with Gasteiger partial charge in [0.15, 0.2) is 0 Å². The molecule has 0 unspecified atom stereocenters. The van der Waals surface area contributed by atoms with Crippen LogP contribution in [0.15, 0.2) is 58.5 Å². The summed E-state index contributed by atoms with van der Waals surface area (Å²) in [5.74, 6) is 0.479. The van der Waals surface area contributed by atoms with Gasteiger partial charge in [0.05, 0.1) is 17.7 Å². The van der Waals surface area contributed by atoms with Crippen molar-refractivity contribution in [2.75, 3.05) is 18.0 Å². The molecule has 1 aliphatic rings. The van der Waals surface area contributed by atoms with Gasteiger partial charge in [0.1, 0.15) is 12.3 Å². The van der Waals surface area contributed by atoms with E-state index in [1.807, 2.05) is 6.92 Å². The SMILES string of the molecule is COc1ccccc1N(CC(=O)NN=C1CCC(C(C)(C)C)CC1)S(=O)(=O)c1ccc(C)cc1. The number of anilines is 1. The number of nitrogens with one attached hydrogen (secondary N) is 1. The summed E-state index contributed by atoms with van der Waals surface area (Å²) in [6.07, 6.45) is 3.74. The Labute approximate surface area is 203 Å². The van der Waals surface area contributed by atoms with Crippen LogP contribution < -0.4 is 14.5 Å². The number of aryl methyl sites for hydroxylation is 1. The standard InChI is InChI=1S/C26H35N3O4S/c1-19-10-16-22(17-11-19)34(31,32)29(23-8-6-7-9-24(23)33-5)18-25(30)28-27-21-14-12-20(13-15-21)26(2,3)4/h6-11,16-17,20H,12-15,18H2,1-5H3,(H,28,30). The summed E-state index contributed by atoms with van der Waals surface area (Å²) in [4.78, 5) is 13.0. The largest absolute Gasteiger partial charge is 0.495 e. The van der Waals surface area contributed by atoms with Gasteiger partial charge in [0.25, 0.3) is 15.9 Å². The monoisotopic (exact) mass is 485 g/mol. The Hall–Kier alpha value is -2.87. The molecule has 1 aliphatic carbocycles. The Bertz CT molecular complexity index is 1130. The molecule has 0 spiro atoms. The fraction of sp³-hybridized carbons (Fsp3) is 0.462. The van der Waals surface area contributed by atoms with Crippen LogP contribution in [0.2, 0.25) is 0 Å². The van der Waals surface area contributed by atoms with E-state index in [1.54, 1.807) is 48.5 Å². The molecule has 0 aromatic heterocycles. The van der Waals surface area contributed by atoms with Crippen LogP contribution in [0.25, 0.3) is 0 Å². The predicted octanol–water partition coefficient (Wildman–Crippen LogP) is 4.91. The molecule has 1 N–H and O–H groups in total. The highest BCUT2D eigenvalue weighted by Crippen LogP contribution is 2.37. The van der Waals surface area contributed by atoms with E-state index in [2.05, 4.69) is 31.3 Å². The summed E-state index contributed by atoms with van der Waals surface area (Å²) in [7, 11) is -2.55. The second-order valence-corrected chi connectivity index (χ2v) is 11.7. The number of hydrogen-bond acceptors (Lipinski definition) is 5. The Kier molecular flexibility index (Phi) is 8.02. The van der Waals surface area contributed by atoms with Crippen molar-refractivity contribution in [3.63, 3.8) is 0 Å². The minimum atomic E-state index is -4.02. The van der Waals surface area contributed by atoms with E-state index in [9.17, 15) is 13.2 Å². The first-order valence-corrected chi connectivity index (χ1v) is 13.0. The maximum atomic E-state index is 13.5. The average Bonchev–Trinajstić information content (AvgIpc) is 2.81. The molecule has 3 rings (SSSR count). The zero-order valence-corrected chi connectivity index (χ0v) is 21.5. The van der Waals surface area contributed by atoms with Gasteiger partial charge < -0.3 is 4.74 Å². The molecule has 0 bridgehead atoms. The van der Waals surface area contributed by atoms with Crippen LogP contribution in [0, 0.1) is 18.3 Å². The molecule has 1 saturated carbocycles. The van der Waals surface area contributed by atoms with Gasteiger partial charge in [0.2, 0.25) is 0 Å². The minimum absolute atomic E-state index is 0.101. The van der Waals surface area contributed by atoms with Gasteiger partial charge in [0, 0.05) is 5.71 Å². The molecule has 184 valence electrons. The van der Waals surface area contributed by atoms with Gasteiger partial charge in [-0.05, 0) is 68.2 Å². The molecule has 0 aliphatic heterocycles. The van der Waals surface area contributed by atoms with Crippen LogP contribution in [0.1, 0.15) is 52.0 Å². The first kappa shape index (κ1) is 25.7. The number of amides is 1. The van der Waals surface area contributed by atoms with Gasteiger partial charge in [-0.15, -0.1) is 0 Å². The number of benzene rings is 2. The average molecular weight is 486 g/mol. The third kappa shape index (κ3) is 6.17. The van der Waals surface area contributed by atoms with Crippen molar-refractivity contribution in [2.45, 2.75) is 58.3 Å². The van der Waals surface area contributed by atoms with Crippen molar-refractivity contribution in [3.8, 4) is 5.75 Å².